The first-order valence-corrected chi connectivity index (χ1v) is 15.0. The summed E-state index contributed by atoms with van der Waals surface area (Å²) in [7, 11) is 0. The number of rotatable bonds is 4. The molecule has 0 saturated carbocycles. The highest BCUT2D eigenvalue weighted by Gasteiger charge is 2.35. The minimum atomic E-state index is -0.0664. The SMILES string of the molecule is CC1(C)c2ccccc2-c2ccc(N(c3ccccc3)c3cc(-c4ccccc4)cc4c3sc3ccccc34)cc21. The van der Waals surface area contributed by atoms with Crippen LogP contribution in [-0.4, -0.2) is 0 Å². The lowest BCUT2D eigenvalue weighted by atomic mass is 9.82. The molecule has 0 spiro atoms. The van der Waals surface area contributed by atoms with E-state index in [4.69, 9.17) is 0 Å². The smallest absolute Gasteiger partial charge is 0.0646 e. The van der Waals surface area contributed by atoms with Crippen molar-refractivity contribution in [2.75, 3.05) is 4.90 Å². The lowest BCUT2D eigenvalue weighted by Gasteiger charge is -2.29. The molecule has 7 aromatic rings. The first kappa shape index (κ1) is 24.2. The molecular weight excluding hydrogens is 515 g/mol. The molecule has 0 saturated heterocycles. The summed E-state index contributed by atoms with van der Waals surface area (Å²) in [5.74, 6) is 0. The van der Waals surface area contributed by atoms with Crippen LogP contribution in [0.3, 0.4) is 0 Å². The molecule has 1 aromatic heterocycles. The third-order valence-electron chi connectivity index (χ3n) is 8.65. The summed E-state index contributed by atoms with van der Waals surface area (Å²) < 4.78 is 2.62. The zero-order chi connectivity index (χ0) is 27.6. The number of hydrogen-bond donors (Lipinski definition) is 0. The fourth-order valence-electron chi connectivity index (χ4n) is 6.61. The Labute approximate surface area is 245 Å². The lowest BCUT2D eigenvalue weighted by Crippen LogP contribution is -2.16. The van der Waals surface area contributed by atoms with Crippen molar-refractivity contribution >= 4 is 48.6 Å². The molecule has 6 aromatic carbocycles. The van der Waals surface area contributed by atoms with Crippen molar-refractivity contribution in [2.24, 2.45) is 0 Å². The van der Waals surface area contributed by atoms with Crippen LogP contribution < -0.4 is 4.90 Å². The second kappa shape index (κ2) is 9.19. The second-order valence-corrected chi connectivity index (χ2v) is 12.5. The van der Waals surface area contributed by atoms with Gasteiger partial charge in [-0.15, -0.1) is 11.3 Å². The van der Waals surface area contributed by atoms with Crippen molar-refractivity contribution in [1.29, 1.82) is 0 Å². The monoisotopic (exact) mass is 543 g/mol. The summed E-state index contributed by atoms with van der Waals surface area (Å²) in [4.78, 5) is 2.46. The van der Waals surface area contributed by atoms with Crippen molar-refractivity contribution in [2.45, 2.75) is 19.3 Å². The van der Waals surface area contributed by atoms with Crippen LogP contribution in [0.1, 0.15) is 25.0 Å². The summed E-state index contributed by atoms with van der Waals surface area (Å²) in [5.41, 5.74) is 11.4. The van der Waals surface area contributed by atoms with Crippen LogP contribution in [0, 0.1) is 0 Å². The maximum absolute atomic E-state index is 2.46. The van der Waals surface area contributed by atoms with Gasteiger partial charge in [-0.1, -0.05) is 111 Å². The summed E-state index contributed by atoms with van der Waals surface area (Å²) in [6.45, 7) is 4.71. The molecule has 1 nitrogen and oxygen atoms in total. The van der Waals surface area contributed by atoms with E-state index >= 15 is 0 Å². The summed E-state index contributed by atoms with van der Waals surface area (Å²) in [6.07, 6.45) is 0. The largest absolute Gasteiger partial charge is 0.309 e. The molecule has 2 heteroatoms. The predicted octanol–water partition coefficient (Wildman–Crippen LogP) is 11.5. The third-order valence-corrected chi connectivity index (χ3v) is 9.86. The first-order chi connectivity index (χ1) is 20.1. The van der Waals surface area contributed by atoms with Crippen LogP contribution in [0.5, 0.6) is 0 Å². The van der Waals surface area contributed by atoms with Gasteiger partial charge < -0.3 is 4.90 Å². The van der Waals surface area contributed by atoms with Gasteiger partial charge in [0.15, 0.2) is 0 Å². The van der Waals surface area contributed by atoms with Gasteiger partial charge in [0.2, 0.25) is 0 Å². The quantitative estimate of drug-likeness (QED) is 0.213. The molecule has 8 rings (SSSR count). The summed E-state index contributed by atoms with van der Waals surface area (Å²) >= 11 is 1.88. The highest BCUT2D eigenvalue weighted by atomic mass is 32.1. The van der Waals surface area contributed by atoms with E-state index in [0.717, 1.165) is 5.69 Å². The molecule has 0 bridgehead atoms. The fourth-order valence-corrected chi connectivity index (χ4v) is 7.80. The Hall–Kier alpha value is -4.66. The molecule has 0 aliphatic heterocycles. The van der Waals surface area contributed by atoms with Crippen LogP contribution >= 0.6 is 11.3 Å². The van der Waals surface area contributed by atoms with Crippen molar-refractivity contribution in [3.05, 3.63) is 151 Å². The number of fused-ring (bicyclic) bond motifs is 6. The molecule has 1 heterocycles. The van der Waals surface area contributed by atoms with Crippen LogP contribution in [0.4, 0.5) is 17.1 Å². The molecule has 0 fully saturated rings. The molecule has 0 radical (unpaired) electrons. The van der Waals surface area contributed by atoms with Gasteiger partial charge in [0.05, 0.1) is 10.4 Å². The van der Waals surface area contributed by atoms with Gasteiger partial charge in [-0.2, -0.15) is 0 Å². The average molecular weight is 544 g/mol. The van der Waals surface area contributed by atoms with Gasteiger partial charge in [-0.25, -0.2) is 0 Å². The van der Waals surface area contributed by atoms with Crippen molar-refractivity contribution in [1.82, 2.24) is 0 Å². The van der Waals surface area contributed by atoms with E-state index in [1.807, 2.05) is 11.3 Å². The van der Waals surface area contributed by atoms with E-state index < -0.39 is 0 Å². The first-order valence-electron chi connectivity index (χ1n) is 14.2. The molecule has 1 aliphatic carbocycles. The Bertz CT molecular complexity index is 2070. The summed E-state index contributed by atoms with van der Waals surface area (Å²) in [6, 6.07) is 51.1. The number of para-hydroxylation sites is 1. The van der Waals surface area contributed by atoms with E-state index in [9.17, 15) is 0 Å². The number of nitrogens with zero attached hydrogens (tertiary/aromatic N) is 1. The Morgan fingerprint density at radius 1 is 0.512 bits per heavy atom. The van der Waals surface area contributed by atoms with Gasteiger partial charge in [0, 0.05) is 32.3 Å². The van der Waals surface area contributed by atoms with Crippen molar-refractivity contribution in [3.63, 3.8) is 0 Å². The zero-order valence-electron chi connectivity index (χ0n) is 23.1. The van der Waals surface area contributed by atoms with E-state index in [-0.39, 0.29) is 5.41 Å². The molecular formula is C39H29NS. The normalized spacial score (nSPS) is 13.3. The van der Waals surface area contributed by atoms with E-state index in [1.54, 1.807) is 0 Å². The van der Waals surface area contributed by atoms with Crippen molar-refractivity contribution in [3.8, 4) is 22.3 Å². The zero-order valence-corrected chi connectivity index (χ0v) is 24.0. The Kier molecular flexibility index (Phi) is 5.42. The maximum atomic E-state index is 2.46. The van der Waals surface area contributed by atoms with Gasteiger partial charge >= 0.3 is 0 Å². The fraction of sp³-hybridized carbons (Fsp3) is 0.0769. The Morgan fingerprint density at radius 2 is 1.20 bits per heavy atom. The van der Waals surface area contributed by atoms with E-state index in [2.05, 4.69) is 158 Å². The van der Waals surface area contributed by atoms with Crippen LogP contribution in [0.15, 0.2) is 140 Å². The molecule has 0 N–H and O–H groups in total. The number of anilines is 3. The summed E-state index contributed by atoms with van der Waals surface area (Å²) in [5, 5.41) is 2.61. The molecule has 1 aliphatic rings. The number of benzene rings is 6. The minimum Gasteiger partial charge on any atom is -0.309 e. The molecule has 0 amide bonds. The molecule has 41 heavy (non-hydrogen) atoms. The second-order valence-electron chi connectivity index (χ2n) is 11.4. The minimum absolute atomic E-state index is 0.0664. The van der Waals surface area contributed by atoms with Crippen LogP contribution in [0.25, 0.3) is 42.4 Å². The maximum Gasteiger partial charge on any atom is 0.0646 e. The number of hydrogen-bond acceptors (Lipinski definition) is 2. The topological polar surface area (TPSA) is 3.24 Å². The van der Waals surface area contributed by atoms with Crippen molar-refractivity contribution < 1.29 is 0 Å². The highest BCUT2D eigenvalue weighted by Crippen LogP contribution is 2.52. The average Bonchev–Trinajstić information content (AvgIpc) is 3.51. The van der Waals surface area contributed by atoms with Gasteiger partial charge in [-0.05, 0) is 75.8 Å². The highest BCUT2D eigenvalue weighted by molar-refractivity contribution is 7.26. The van der Waals surface area contributed by atoms with E-state index in [0.29, 0.717) is 0 Å². The third kappa shape index (κ3) is 3.75. The number of thiophene rings is 1. The lowest BCUT2D eigenvalue weighted by molar-refractivity contribution is 0.660. The molecule has 0 atom stereocenters. The van der Waals surface area contributed by atoms with E-state index in [1.165, 1.54) is 64.9 Å². The van der Waals surface area contributed by atoms with Gasteiger partial charge in [0.25, 0.3) is 0 Å². The Morgan fingerprint density at radius 3 is 2.02 bits per heavy atom. The van der Waals surface area contributed by atoms with Crippen LogP contribution in [0.2, 0.25) is 0 Å². The van der Waals surface area contributed by atoms with Gasteiger partial charge in [-0.3, -0.25) is 0 Å². The standard InChI is InChI=1S/C39H29NS/c1-39(2)34-19-11-9-17-30(34)31-22-21-29(25-35(31)39)40(28-15-7-4-8-16-28)36-24-27(26-13-5-3-6-14-26)23-33-32-18-10-12-20-37(32)41-38(33)36/h3-25H,1-2H3. The van der Waals surface area contributed by atoms with Gasteiger partial charge in [0.1, 0.15) is 0 Å². The predicted molar refractivity (Wildman–Crippen MR) is 177 cm³/mol. The molecule has 196 valence electrons. The Balaban J connectivity index is 1.42. The van der Waals surface area contributed by atoms with Crippen LogP contribution in [-0.2, 0) is 5.41 Å². The molecule has 0 unspecified atom stereocenters.